The number of amides is 2. The molecular weight excluding hydrogens is 312 g/mol. The molecule has 2 amide bonds. The number of hydrogen-bond acceptors (Lipinski definition) is 2. The van der Waals surface area contributed by atoms with E-state index in [2.05, 4.69) is 29.6 Å². The Morgan fingerprint density at radius 1 is 1.08 bits per heavy atom. The largest absolute Gasteiger partial charge is 0.352 e. The predicted molar refractivity (Wildman–Crippen MR) is 97.9 cm³/mol. The van der Waals surface area contributed by atoms with Gasteiger partial charge in [-0.2, -0.15) is 0 Å². The van der Waals surface area contributed by atoms with E-state index >= 15 is 0 Å². The molecule has 4 heteroatoms. The third-order valence-corrected chi connectivity index (χ3v) is 5.58. The van der Waals surface area contributed by atoms with Crippen LogP contribution < -0.4 is 5.32 Å². The first-order valence-electron chi connectivity index (χ1n) is 9.25. The smallest absolute Gasteiger partial charge is 0.225 e. The van der Waals surface area contributed by atoms with Crippen molar-refractivity contribution in [3.8, 4) is 0 Å². The van der Waals surface area contributed by atoms with Crippen LogP contribution in [0, 0.1) is 5.92 Å². The van der Waals surface area contributed by atoms with Gasteiger partial charge in [-0.05, 0) is 35.2 Å². The molecule has 0 spiro atoms. The van der Waals surface area contributed by atoms with Gasteiger partial charge in [0.05, 0.1) is 5.92 Å². The molecule has 0 radical (unpaired) electrons. The summed E-state index contributed by atoms with van der Waals surface area (Å²) in [5.41, 5.74) is 1.09. The molecule has 2 aliphatic rings. The lowest BCUT2D eigenvalue weighted by atomic mass is 10.1. The van der Waals surface area contributed by atoms with Crippen LogP contribution in [0.3, 0.4) is 0 Å². The molecule has 4 rings (SSSR count). The van der Waals surface area contributed by atoms with Crippen LogP contribution in [-0.4, -0.2) is 29.3 Å². The molecule has 2 aromatic carbocycles. The zero-order valence-corrected chi connectivity index (χ0v) is 14.4. The standard InChI is InChI=1S/C21H24N2O2/c24-20-12-18(14-23(20)19-7-3-4-8-19)21(25)22-13-15-9-10-16-5-1-2-6-17(16)11-15/h1-2,5-6,9-11,18-19H,3-4,7-8,12-14H2,(H,22,25)/t18-/m1/s1. The molecule has 1 atom stereocenters. The van der Waals surface area contributed by atoms with E-state index in [4.69, 9.17) is 0 Å². The van der Waals surface area contributed by atoms with Gasteiger partial charge in [0, 0.05) is 25.6 Å². The lowest BCUT2D eigenvalue weighted by Crippen LogP contribution is -2.36. The molecule has 1 aliphatic heterocycles. The molecule has 0 aromatic heterocycles. The van der Waals surface area contributed by atoms with Crippen LogP contribution in [0.5, 0.6) is 0 Å². The second kappa shape index (κ2) is 6.87. The number of nitrogens with one attached hydrogen (secondary N) is 1. The van der Waals surface area contributed by atoms with E-state index in [1.54, 1.807) is 0 Å². The highest BCUT2D eigenvalue weighted by Crippen LogP contribution is 2.29. The Bertz CT molecular complexity index is 795. The average molecular weight is 336 g/mol. The van der Waals surface area contributed by atoms with Crippen molar-refractivity contribution in [2.45, 2.75) is 44.7 Å². The summed E-state index contributed by atoms with van der Waals surface area (Å²) in [4.78, 5) is 26.7. The van der Waals surface area contributed by atoms with Crippen molar-refractivity contribution < 1.29 is 9.59 Å². The molecule has 1 saturated carbocycles. The molecule has 1 N–H and O–H groups in total. The van der Waals surface area contributed by atoms with E-state index < -0.39 is 0 Å². The number of carbonyl (C=O) groups excluding carboxylic acids is 2. The molecule has 25 heavy (non-hydrogen) atoms. The molecule has 2 fully saturated rings. The van der Waals surface area contributed by atoms with Crippen LogP contribution in [0.2, 0.25) is 0 Å². The molecule has 0 bridgehead atoms. The quantitative estimate of drug-likeness (QED) is 0.932. The van der Waals surface area contributed by atoms with Gasteiger partial charge in [-0.25, -0.2) is 0 Å². The lowest BCUT2D eigenvalue weighted by Gasteiger charge is -2.23. The molecule has 1 aliphatic carbocycles. The molecule has 1 heterocycles. The minimum absolute atomic E-state index is 0.00186. The summed E-state index contributed by atoms with van der Waals surface area (Å²) >= 11 is 0. The van der Waals surface area contributed by atoms with Gasteiger partial charge >= 0.3 is 0 Å². The van der Waals surface area contributed by atoms with Crippen molar-refractivity contribution >= 4 is 22.6 Å². The van der Waals surface area contributed by atoms with Crippen LogP contribution in [0.25, 0.3) is 10.8 Å². The highest BCUT2D eigenvalue weighted by molar-refractivity contribution is 5.89. The van der Waals surface area contributed by atoms with E-state index in [0.29, 0.717) is 25.6 Å². The van der Waals surface area contributed by atoms with E-state index in [9.17, 15) is 9.59 Å². The monoisotopic (exact) mass is 336 g/mol. The maximum Gasteiger partial charge on any atom is 0.225 e. The first-order valence-corrected chi connectivity index (χ1v) is 9.25. The van der Waals surface area contributed by atoms with Gasteiger partial charge in [-0.1, -0.05) is 49.2 Å². The SMILES string of the molecule is O=C(NCc1ccc2ccccc2c1)[C@@H]1CC(=O)N(C2CCCC2)C1. The number of rotatable bonds is 4. The highest BCUT2D eigenvalue weighted by Gasteiger charge is 2.38. The van der Waals surface area contributed by atoms with Gasteiger partial charge in [-0.15, -0.1) is 0 Å². The molecule has 4 nitrogen and oxygen atoms in total. The second-order valence-corrected chi connectivity index (χ2v) is 7.28. The molecule has 1 saturated heterocycles. The minimum Gasteiger partial charge on any atom is -0.352 e. The Kier molecular flexibility index (Phi) is 4.43. The van der Waals surface area contributed by atoms with E-state index in [1.807, 2.05) is 23.1 Å². The minimum atomic E-state index is -0.200. The van der Waals surface area contributed by atoms with Crippen LogP contribution >= 0.6 is 0 Å². The zero-order valence-electron chi connectivity index (χ0n) is 14.4. The molecule has 2 aromatic rings. The van der Waals surface area contributed by atoms with Gasteiger partial charge in [0.15, 0.2) is 0 Å². The van der Waals surface area contributed by atoms with Crippen LogP contribution in [0.1, 0.15) is 37.7 Å². The van der Waals surface area contributed by atoms with E-state index in [0.717, 1.165) is 18.4 Å². The van der Waals surface area contributed by atoms with Crippen LogP contribution in [-0.2, 0) is 16.1 Å². The summed E-state index contributed by atoms with van der Waals surface area (Å²) in [6.07, 6.45) is 4.95. The summed E-state index contributed by atoms with van der Waals surface area (Å²) < 4.78 is 0. The van der Waals surface area contributed by atoms with Gasteiger partial charge < -0.3 is 10.2 Å². The number of carbonyl (C=O) groups is 2. The van der Waals surface area contributed by atoms with Crippen molar-refractivity contribution in [2.75, 3.05) is 6.54 Å². The number of fused-ring (bicyclic) bond motifs is 1. The Morgan fingerprint density at radius 3 is 2.64 bits per heavy atom. The normalized spacial score (nSPS) is 21.2. The number of benzene rings is 2. The third kappa shape index (κ3) is 3.39. The van der Waals surface area contributed by atoms with Gasteiger partial charge in [0.1, 0.15) is 0 Å². The summed E-state index contributed by atoms with van der Waals surface area (Å²) in [5, 5.41) is 5.40. The number of nitrogens with zero attached hydrogens (tertiary/aromatic N) is 1. The van der Waals surface area contributed by atoms with Crippen LogP contribution in [0.15, 0.2) is 42.5 Å². The second-order valence-electron chi connectivity index (χ2n) is 7.28. The van der Waals surface area contributed by atoms with Gasteiger partial charge in [0.2, 0.25) is 11.8 Å². The average Bonchev–Trinajstić information content (AvgIpc) is 3.29. The van der Waals surface area contributed by atoms with Crippen molar-refractivity contribution in [2.24, 2.45) is 5.92 Å². The Hall–Kier alpha value is -2.36. The Morgan fingerprint density at radius 2 is 1.84 bits per heavy atom. The van der Waals surface area contributed by atoms with Crippen molar-refractivity contribution in [3.05, 3.63) is 48.0 Å². The van der Waals surface area contributed by atoms with Gasteiger partial charge in [-0.3, -0.25) is 9.59 Å². The molecular formula is C21H24N2O2. The summed E-state index contributed by atoms with van der Waals surface area (Å²) in [5.74, 6) is -0.0479. The fourth-order valence-electron chi connectivity index (χ4n) is 4.16. The van der Waals surface area contributed by atoms with E-state index in [1.165, 1.54) is 23.6 Å². The van der Waals surface area contributed by atoms with E-state index in [-0.39, 0.29) is 17.7 Å². The zero-order chi connectivity index (χ0) is 17.2. The summed E-state index contributed by atoms with van der Waals surface area (Å²) in [6.45, 7) is 1.10. The highest BCUT2D eigenvalue weighted by atomic mass is 16.2. The predicted octanol–water partition coefficient (Wildman–Crippen LogP) is 3.25. The maximum atomic E-state index is 12.5. The van der Waals surface area contributed by atoms with Crippen LogP contribution in [0.4, 0.5) is 0 Å². The summed E-state index contributed by atoms with van der Waals surface area (Å²) in [7, 11) is 0. The first kappa shape index (κ1) is 16.1. The fourth-order valence-corrected chi connectivity index (χ4v) is 4.16. The van der Waals surface area contributed by atoms with Crippen molar-refractivity contribution in [1.29, 1.82) is 0 Å². The third-order valence-electron chi connectivity index (χ3n) is 5.58. The van der Waals surface area contributed by atoms with Gasteiger partial charge in [0.25, 0.3) is 0 Å². The number of likely N-dealkylation sites (tertiary alicyclic amines) is 1. The lowest BCUT2D eigenvalue weighted by molar-refractivity contribution is -0.130. The summed E-state index contributed by atoms with van der Waals surface area (Å²) in [6, 6.07) is 14.8. The maximum absolute atomic E-state index is 12.5. The topological polar surface area (TPSA) is 49.4 Å². The molecule has 0 unspecified atom stereocenters. The Labute approximate surface area is 148 Å². The van der Waals surface area contributed by atoms with Crippen molar-refractivity contribution in [1.82, 2.24) is 10.2 Å². The molecule has 130 valence electrons. The van der Waals surface area contributed by atoms with Crippen molar-refractivity contribution in [3.63, 3.8) is 0 Å². The fraction of sp³-hybridized carbons (Fsp3) is 0.429. The Balaban J connectivity index is 1.36. The number of hydrogen-bond donors (Lipinski definition) is 1. The first-order chi connectivity index (χ1) is 12.2.